The Bertz CT molecular complexity index is 950. The van der Waals surface area contributed by atoms with Crippen LogP contribution >= 0.6 is 23.5 Å². The van der Waals surface area contributed by atoms with Crippen LogP contribution in [-0.2, 0) is 4.79 Å². The zero-order valence-electron chi connectivity index (χ0n) is 13.9. The van der Waals surface area contributed by atoms with Crippen molar-refractivity contribution in [3.05, 3.63) is 60.4 Å². The average Bonchev–Trinajstić information content (AvgIpc) is 3.12. The molecule has 0 fully saturated rings. The SMILES string of the molecule is Cc1cc(SC#N)ccc1NC(=O)CSc1nncn1-c1ccccc1. The molecule has 8 heteroatoms. The first-order valence-electron chi connectivity index (χ1n) is 7.72. The summed E-state index contributed by atoms with van der Waals surface area (Å²) in [7, 11) is 0. The van der Waals surface area contributed by atoms with Gasteiger partial charge in [0.25, 0.3) is 0 Å². The molecule has 0 aliphatic carbocycles. The molecule has 1 heterocycles. The number of thiocyanates is 1. The predicted octanol–water partition coefficient (Wildman–Crippen LogP) is 3.88. The summed E-state index contributed by atoms with van der Waals surface area (Å²) < 4.78 is 1.84. The second kappa shape index (κ2) is 8.56. The molecule has 130 valence electrons. The highest BCUT2D eigenvalue weighted by Gasteiger charge is 2.11. The van der Waals surface area contributed by atoms with Crippen LogP contribution in [0.3, 0.4) is 0 Å². The molecular weight excluding hydrogens is 366 g/mol. The van der Waals surface area contributed by atoms with Crippen LogP contribution < -0.4 is 5.32 Å². The Morgan fingerprint density at radius 2 is 2.08 bits per heavy atom. The van der Waals surface area contributed by atoms with E-state index < -0.39 is 0 Å². The van der Waals surface area contributed by atoms with Crippen molar-refractivity contribution in [2.24, 2.45) is 0 Å². The zero-order valence-corrected chi connectivity index (χ0v) is 15.5. The van der Waals surface area contributed by atoms with Crippen molar-refractivity contribution in [3.63, 3.8) is 0 Å². The fourth-order valence-electron chi connectivity index (χ4n) is 2.30. The number of benzene rings is 2. The molecule has 0 saturated carbocycles. The Morgan fingerprint density at radius 1 is 1.27 bits per heavy atom. The van der Waals surface area contributed by atoms with Crippen LogP contribution in [0.1, 0.15) is 5.56 Å². The second-order valence-electron chi connectivity index (χ2n) is 5.33. The molecule has 26 heavy (non-hydrogen) atoms. The summed E-state index contributed by atoms with van der Waals surface area (Å²) in [5, 5.41) is 22.3. The molecule has 0 radical (unpaired) electrons. The molecule has 0 bridgehead atoms. The molecule has 1 amide bonds. The molecule has 2 aromatic carbocycles. The van der Waals surface area contributed by atoms with Gasteiger partial charge in [0, 0.05) is 16.3 Å². The Hall–Kier alpha value is -2.76. The molecular formula is C18H15N5OS2. The van der Waals surface area contributed by atoms with Gasteiger partial charge in [-0.15, -0.1) is 10.2 Å². The first-order valence-corrected chi connectivity index (χ1v) is 9.52. The lowest BCUT2D eigenvalue weighted by Crippen LogP contribution is -2.15. The third-order valence-electron chi connectivity index (χ3n) is 3.52. The fraction of sp³-hybridized carbons (Fsp3) is 0.111. The summed E-state index contributed by atoms with van der Waals surface area (Å²) in [6.07, 6.45) is 1.63. The average molecular weight is 381 g/mol. The van der Waals surface area contributed by atoms with Crippen LogP contribution in [0.5, 0.6) is 0 Å². The van der Waals surface area contributed by atoms with E-state index in [1.54, 1.807) is 6.33 Å². The number of nitriles is 1. The van der Waals surface area contributed by atoms with Gasteiger partial charge in [0.2, 0.25) is 5.91 Å². The predicted molar refractivity (Wildman–Crippen MR) is 103 cm³/mol. The van der Waals surface area contributed by atoms with E-state index in [1.807, 2.05) is 65.4 Å². The number of nitrogens with zero attached hydrogens (tertiary/aromatic N) is 4. The van der Waals surface area contributed by atoms with Gasteiger partial charge < -0.3 is 5.32 Å². The minimum atomic E-state index is -0.124. The smallest absolute Gasteiger partial charge is 0.234 e. The summed E-state index contributed by atoms with van der Waals surface area (Å²) in [6.45, 7) is 1.90. The summed E-state index contributed by atoms with van der Waals surface area (Å²) >= 11 is 2.42. The van der Waals surface area contributed by atoms with Crippen LogP contribution in [0, 0.1) is 17.6 Å². The number of para-hydroxylation sites is 1. The molecule has 1 N–H and O–H groups in total. The zero-order chi connectivity index (χ0) is 18.4. The maximum atomic E-state index is 12.3. The number of nitrogens with one attached hydrogen (secondary N) is 1. The van der Waals surface area contributed by atoms with Crippen molar-refractivity contribution in [1.29, 1.82) is 5.26 Å². The van der Waals surface area contributed by atoms with E-state index in [2.05, 4.69) is 15.5 Å². The number of rotatable bonds is 6. The van der Waals surface area contributed by atoms with E-state index in [9.17, 15) is 4.79 Å². The molecule has 0 unspecified atom stereocenters. The monoisotopic (exact) mass is 381 g/mol. The van der Waals surface area contributed by atoms with Crippen molar-refractivity contribution in [2.75, 3.05) is 11.1 Å². The number of carbonyl (C=O) groups excluding carboxylic acids is 1. The van der Waals surface area contributed by atoms with Crippen molar-refractivity contribution in [1.82, 2.24) is 14.8 Å². The highest BCUT2D eigenvalue weighted by molar-refractivity contribution is 8.03. The third-order valence-corrected chi connectivity index (χ3v) is 5.04. The molecule has 1 aromatic heterocycles. The highest BCUT2D eigenvalue weighted by Crippen LogP contribution is 2.24. The lowest BCUT2D eigenvalue weighted by Gasteiger charge is -2.09. The number of aromatic nitrogens is 3. The topological polar surface area (TPSA) is 83.6 Å². The summed E-state index contributed by atoms with van der Waals surface area (Å²) in [5.41, 5.74) is 2.60. The third kappa shape index (κ3) is 4.45. The van der Waals surface area contributed by atoms with Gasteiger partial charge in [0.05, 0.1) is 5.75 Å². The molecule has 0 spiro atoms. The van der Waals surface area contributed by atoms with Gasteiger partial charge in [-0.2, -0.15) is 5.26 Å². The number of anilines is 1. The molecule has 3 aromatic rings. The Morgan fingerprint density at radius 3 is 2.81 bits per heavy atom. The van der Waals surface area contributed by atoms with E-state index in [0.29, 0.717) is 5.16 Å². The van der Waals surface area contributed by atoms with E-state index in [1.165, 1.54) is 11.8 Å². The van der Waals surface area contributed by atoms with Gasteiger partial charge in [0.15, 0.2) is 5.16 Å². The first kappa shape index (κ1) is 18.0. The van der Waals surface area contributed by atoms with Gasteiger partial charge in [-0.3, -0.25) is 9.36 Å². The lowest BCUT2D eigenvalue weighted by molar-refractivity contribution is -0.113. The molecule has 0 aliphatic rings. The first-order chi connectivity index (χ1) is 12.7. The van der Waals surface area contributed by atoms with Crippen LogP contribution in [0.4, 0.5) is 5.69 Å². The van der Waals surface area contributed by atoms with E-state index in [0.717, 1.165) is 33.6 Å². The van der Waals surface area contributed by atoms with Crippen molar-refractivity contribution >= 4 is 35.1 Å². The van der Waals surface area contributed by atoms with E-state index >= 15 is 0 Å². The van der Waals surface area contributed by atoms with Crippen LogP contribution in [-0.4, -0.2) is 26.4 Å². The van der Waals surface area contributed by atoms with Gasteiger partial charge in [-0.25, -0.2) is 0 Å². The highest BCUT2D eigenvalue weighted by atomic mass is 32.2. The Labute approximate surface area is 159 Å². The Kier molecular flexibility index (Phi) is 5.94. The van der Waals surface area contributed by atoms with Crippen molar-refractivity contribution in [3.8, 4) is 11.1 Å². The fourth-order valence-corrected chi connectivity index (χ4v) is 3.50. The minimum absolute atomic E-state index is 0.124. The van der Waals surface area contributed by atoms with E-state index in [4.69, 9.17) is 5.26 Å². The van der Waals surface area contributed by atoms with E-state index in [-0.39, 0.29) is 11.7 Å². The summed E-state index contributed by atoms with van der Waals surface area (Å²) in [4.78, 5) is 13.1. The second-order valence-corrected chi connectivity index (χ2v) is 7.13. The number of aryl methyl sites for hydroxylation is 1. The number of thioether (sulfide) groups is 2. The van der Waals surface area contributed by atoms with Crippen molar-refractivity contribution in [2.45, 2.75) is 17.0 Å². The molecule has 0 aliphatic heterocycles. The normalized spacial score (nSPS) is 10.3. The van der Waals surface area contributed by atoms with Crippen LogP contribution in [0.15, 0.2) is 64.9 Å². The Balaban J connectivity index is 1.62. The molecule has 3 rings (SSSR count). The largest absolute Gasteiger partial charge is 0.325 e. The van der Waals surface area contributed by atoms with Crippen molar-refractivity contribution < 1.29 is 4.79 Å². The maximum Gasteiger partial charge on any atom is 0.234 e. The summed E-state index contributed by atoms with van der Waals surface area (Å²) in [6, 6.07) is 15.2. The van der Waals surface area contributed by atoms with Gasteiger partial charge in [-0.1, -0.05) is 30.0 Å². The number of hydrogen-bond donors (Lipinski definition) is 1. The van der Waals surface area contributed by atoms with Gasteiger partial charge in [-0.05, 0) is 54.6 Å². The molecule has 0 atom stereocenters. The number of amides is 1. The number of hydrogen-bond acceptors (Lipinski definition) is 6. The van der Waals surface area contributed by atoms with Crippen LogP contribution in [0.2, 0.25) is 0 Å². The maximum absolute atomic E-state index is 12.3. The lowest BCUT2D eigenvalue weighted by atomic mass is 10.2. The molecule has 0 saturated heterocycles. The van der Waals surface area contributed by atoms with Crippen LogP contribution in [0.25, 0.3) is 5.69 Å². The molecule has 6 nitrogen and oxygen atoms in total. The minimum Gasteiger partial charge on any atom is -0.325 e. The quantitative estimate of drug-likeness (QED) is 0.515. The number of carbonyl (C=O) groups is 1. The van der Waals surface area contributed by atoms with Gasteiger partial charge in [0.1, 0.15) is 11.7 Å². The summed E-state index contributed by atoms with van der Waals surface area (Å²) in [5.74, 6) is 0.0982. The standard InChI is InChI=1S/C18H15N5OS2/c1-13-9-15(26-11-19)7-8-16(13)21-17(24)10-25-18-22-20-12-23(18)14-5-3-2-4-6-14/h2-9,12H,10H2,1H3,(H,21,24). The van der Waals surface area contributed by atoms with Gasteiger partial charge >= 0.3 is 0 Å².